The molecule has 1 heterocycles. The Labute approximate surface area is 310 Å². The molecule has 16 heteroatoms. The first-order chi connectivity index (χ1) is 24.5. The third-order valence-corrected chi connectivity index (χ3v) is 6.77. The van der Waals surface area contributed by atoms with Crippen molar-refractivity contribution >= 4 is 47.6 Å². The average Bonchev–Trinajstić information content (AvgIpc) is 3.03. The smallest absolute Gasteiger partial charge is 0.425 e. The van der Waals surface area contributed by atoms with Crippen LogP contribution in [0.4, 0.5) is 25.9 Å². The van der Waals surface area contributed by atoms with Crippen LogP contribution in [0.1, 0.15) is 86.3 Å². The zero-order chi connectivity index (χ0) is 40.2. The summed E-state index contributed by atoms with van der Waals surface area (Å²) in [6, 6.07) is 9.34. The molecule has 0 saturated heterocycles. The molecule has 1 aromatic heterocycles. The highest BCUT2D eigenvalue weighted by Crippen LogP contribution is 2.25. The molecular formula is C37H50N6O10. The number of esters is 1. The molecule has 0 bridgehead atoms. The van der Waals surface area contributed by atoms with Crippen LogP contribution in [-0.2, 0) is 46.3 Å². The zero-order valence-electron chi connectivity index (χ0n) is 32.0. The van der Waals surface area contributed by atoms with Gasteiger partial charge in [0.15, 0.2) is 5.69 Å². The lowest BCUT2D eigenvalue weighted by molar-refractivity contribution is -0.155. The van der Waals surface area contributed by atoms with Crippen molar-refractivity contribution in [3.8, 4) is 0 Å². The topological polar surface area (TPSA) is 196 Å². The van der Waals surface area contributed by atoms with Crippen molar-refractivity contribution in [3.05, 3.63) is 65.1 Å². The SMILES string of the molecule is [C-]#[N+]c1cccc(CC(CCC(=O)OC(C)(C)C)(NC(=O)OC)C(=O)NCC(=O)NCc2ccnc(N(C(=O)OC(C)(C)C)C(=O)OC(C)(C)C)c2)c1. The van der Waals surface area contributed by atoms with Gasteiger partial charge in [-0.1, -0.05) is 29.8 Å². The minimum atomic E-state index is -1.81. The van der Waals surface area contributed by atoms with Gasteiger partial charge in [0.1, 0.15) is 28.2 Å². The Hall–Kier alpha value is -5.72. The number of aromatic nitrogens is 1. The normalized spacial score (nSPS) is 12.5. The van der Waals surface area contributed by atoms with Crippen LogP contribution in [0.5, 0.6) is 0 Å². The molecule has 2 aromatic rings. The minimum Gasteiger partial charge on any atom is -0.460 e. The number of amides is 5. The second kappa shape index (κ2) is 18.2. The average molecular weight is 739 g/mol. The van der Waals surface area contributed by atoms with Gasteiger partial charge >= 0.3 is 24.2 Å². The van der Waals surface area contributed by atoms with E-state index in [0.29, 0.717) is 21.7 Å². The number of nitrogens with zero attached hydrogens (tertiary/aromatic N) is 3. The summed E-state index contributed by atoms with van der Waals surface area (Å²) in [6.45, 7) is 21.6. The first-order valence-electron chi connectivity index (χ1n) is 16.8. The number of nitrogens with one attached hydrogen (secondary N) is 3. The molecule has 2 rings (SSSR count). The number of imide groups is 1. The van der Waals surface area contributed by atoms with Crippen LogP contribution >= 0.6 is 0 Å². The fourth-order valence-electron chi connectivity index (χ4n) is 4.65. The van der Waals surface area contributed by atoms with Gasteiger partial charge in [0.05, 0.1) is 20.2 Å². The van der Waals surface area contributed by atoms with E-state index >= 15 is 0 Å². The molecule has 53 heavy (non-hydrogen) atoms. The number of carbonyl (C=O) groups excluding carboxylic acids is 6. The highest BCUT2D eigenvalue weighted by atomic mass is 16.6. The largest absolute Gasteiger partial charge is 0.460 e. The van der Waals surface area contributed by atoms with Crippen LogP contribution in [0, 0.1) is 6.57 Å². The van der Waals surface area contributed by atoms with E-state index in [1.54, 1.807) is 92.6 Å². The quantitative estimate of drug-likeness (QED) is 0.141. The lowest BCUT2D eigenvalue weighted by Gasteiger charge is -2.33. The Morgan fingerprint density at radius 3 is 1.96 bits per heavy atom. The summed E-state index contributed by atoms with van der Waals surface area (Å²) in [5.74, 6) is -2.17. The van der Waals surface area contributed by atoms with Crippen molar-refractivity contribution in [2.75, 3.05) is 18.6 Å². The maximum atomic E-state index is 13.9. The van der Waals surface area contributed by atoms with Gasteiger partial charge < -0.3 is 34.9 Å². The summed E-state index contributed by atoms with van der Waals surface area (Å²) in [5, 5.41) is 7.74. The van der Waals surface area contributed by atoms with Crippen molar-refractivity contribution in [1.82, 2.24) is 20.9 Å². The van der Waals surface area contributed by atoms with Gasteiger partial charge in [-0.15, -0.1) is 0 Å². The fraction of sp³-hybridized carbons (Fsp3) is 0.514. The van der Waals surface area contributed by atoms with Crippen molar-refractivity contribution in [2.45, 2.75) is 110 Å². The predicted molar refractivity (Wildman–Crippen MR) is 194 cm³/mol. The molecule has 5 amide bonds. The van der Waals surface area contributed by atoms with E-state index < -0.39 is 65.0 Å². The van der Waals surface area contributed by atoms with Gasteiger partial charge in [0.2, 0.25) is 11.8 Å². The number of benzene rings is 1. The molecule has 0 radical (unpaired) electrons. The molecule has 1 aromatic carbocycles. The van der Waals surface area contributed by atoms with Crippen LogP contribution in [0.15, 0.2) is 42.6 Å². The third kappa shape index (κ3) is 15.2. The van der Waals surface area contributed by atoms with Crippen molar-refractivity contribution < 1.29 is 47.7 Å². The maximum Gasteiger partial charge on any atom is 0.425 e. The van der Waals surface area contributed by atoms with E-state index in [-0.39, 0.29) is 31.6 Å². The lowest BCUT2D eigenvalue weighted by atomic mass is 9.85. The number of alkyl carbamates (subject to hydrolysis) is 1. The Kier molecular flexibility index (Phi) is 14.9. The van der Waals surface area contributed by atoms with E-state index in [1.165, 1.54) is 12.3 Å². The predicted octanol–water partition coefficient (Wildman–Crippen LogP) is 5.50. The molecule has 0 aliphatic carbocycles. The molecule has 3 N–H and O–H groups in total. The van der Waals surface area contributed by atoms with Crippen LogP contribution in [0.3, 0.4) is 0 Å². The van der Waals surface area contributed by atoms with E-state index in [0.717, 1.165) is 7.11 Å². The highest BCUT2D eigenvalue weighted by Gasteiger charge is 2.41. The molecular weight excluding hydrogens is 688 g/mol. The van der Waals surface area contributed by atoms with E-state index in [1.807, 2.05) is 0 Å². The summed E-state index contributed by atoms with van der Waals surface area (Å²) in [4.78, 5) is 86.6. The number of anilines is 1. The molecule has 1 unspecified atom stereocenters. The van der Waals surface area contributed by atoms with Gasteiger partial charge in [0, 0.05) is 25.6 Å². The Balaban J connectivity index is 2.30. The molecule has 0 fully saturated rings. The summed E-state index contributed by atoms with van der Waals surface area (Å²) in [5.41, 5.74) is -3.26. The zero-order valence-corrected chi connectivity index (χ0v) is 32.0. The van der Waals surface area contributed by atoms with Crippen molar-refractivity contribution in [2.24, 2.45) is 0 Å². The van der Waals surface area contributed by atoms with Gasteiger partial charge in [-0.2, -0.15) is 4.90 Å². The second-order valence-corrected chi connectivity index (χ2v) is 15.0. The van der Waals surface area contributed by atoms with Crippen LogP contribution in [-0.4, -0.2) is 77.0 Å². The highest BCUT2D eigenvalue weighted by molar-refractivity contribution is 6.08. The Bertz CT molecular complexity index is 1670. The number of pyridine rings is 1. The number of ether oxygens (including phenoxy) is 4. The monoisotopic (exact) mass is 738 g/mol. The fourth-order valence-corrected chi connectivity index (χ4v) is 4.65. The molecule has 0 spiro atoms. The number of rotatable bonds is 12. The lowest BCUT2D eigenvalue weighted by Crippen LogP contribution is -2.61. The first-order valence-corrected chi connectivity index (χ1v) is 16.8. The summed E-state index contributed by atoms with van der Waals surface area (Å²) in [7, 11) is 1.11. The summed E-state index contributed by atoms with van der Waals surface area (Å²) in [6.07, 6.45) is -2.33. The van der Waals surface area contributed by atoms with Gasteiger partial charge in [-0.05, 0) is 86.4 Å². The second-order valence-electron chi connectivity index (χ2n) is 15.0. The number of methoxy groups -OCH3 is 1. The molecule has 0 aliphatic rings. The van der Waals surface area contributed by atoms with Crippen molar-refractivity contribution in [3.63, 3.8) is 0 Å². The van der Waals surface area contributed by atoms with Gasteiger partial charge in [0.25, 0.3) is 0 Å². The summed E-state index contributed by atoms with van der Waals surface area (Å²) < 4.78 is 21.0. The third-order valence-electron chi connectivity index (χ3n) is 6.77. The van der Waals surface area contributed by atoms with E-state index in [4.69, 9.17) is 25.5 Å². The molecule has 16 nitrogen and oxygen atoms in total. The van der Waals surface area contributed by atoms with Crippen LogP contribution in [0.25, 0.3) is 4.85 Å². The van der Waals surface area contributed by atoms with Crippen LogP contribution in [0.2, 0.25) is 0 Å². The van der Waals surface area contributed by atoms with Crippen LogP contribution < -0.4 is 20.9 Å². The summed E-state index contributed by atoms with van der Waals surface area (Å²) >= 11 is 0. The first kappa shape index (κ1) is 43.4. The minimum absolute atomic E-state index is 0.103. The van der Waals surface area contributed by atoms with Gasteiger partial charge in [-0.3, -0.25) is 14.4 Å². The Morgan fingerprint density at radius 1 is 0.811 bits per heavy atom. The molecule has 288 valence electrons. The van der Waals surface area contributed by atoms with Gasteiger partial charge in [-0.25, -0.2) is 24.2 Å². The molecule has 0 aliphatic heterocycles. The number of hydrogen-bond acceptors (Lipinski definition) is 11. The maximum absolute atomic E-state index is 13.9. The number of carbonyl (C=O) groups is 6. The molecule has 1 atom stereocenters. The molecule has 0 saturated carbocycles. The number of hydrogen-bond donors (Lipinski definition) is 3. The van der Waals surface area contributed by atoms with E-state index in [2.05, 4.69) is 25.8 Å². The van der Waals surface area contributed by atoms with E-state index in [9.17, 15) is 28.8 Å². The standard InChI is InChI=1S/C37H50N6O10/c1-34(2,3)51-29(45)15-17-37(42-31(47)50-11,21-24-13-12-14-26(19-24)38-10)30(46)41-23-28(44)40-22-25-16-18-39-27(20-25)43(32(48)52-35(4,5)6)33(49)53-36(7,8)9/h12-14,16,18-20H,15,17,21-23H2,1-9,11H3,(H,40,44)(H,41,46)(H,42,47). The Morgan fingerprint density at radius 2 is 1.42 bits per heavy atom. The van der Waals surface area contributed by atoms with Crippen molar-refractivity contribution in [1.29, 1.82) is 0 Å².